The molecule has 0 radical (unpaired) electrons. The summed E-state index contributed by atoms with van der Waals surface area (Å²) in [5.74, 6) is 0. The third-order valence-corrected chi connectivity index (χ3v) is 2.31. The summed E-state index contributed by atoms with van der Waals surface area (Å²) in [6.07, 6.45) is 2.27. The second kappa shape index (κ2) is 5.41. The number of nitro groups is 1. The number of unbranched alkanes of at least 4 members (excludes halogenated alkanes) is 1. The largest absolute Gasteiger partial charge is 0.399 e. The highest BCUT2D eigenvalue weighted by atomic mass is 32.1. The number of aryl methyl sites for hydroxylation is 1. The maximum absolute atomic E-state index is 10.7. The van der Waals surface area contributed by atoms with Gasteiger partial charge < -0.3 is 5.73 Å². The van der Waals surface area contributed by atoms with E-state index in [9.17, 15) is 10.1 Å². The molecule has 15 heavy (non-hydrogen) atoms. The van der Waals surface area contributed by atoms with Crippen LogP contribution in [0.5, 0.6) is 0 Å². The van der Waals surface area contributed by atoms with Gasteiger partial charge in [0.2, 0.25) is 0 Å². The molecule has 80 valence electrons. The first-order valence-corrected chi connectivity index (χ1v) is 5.08. The number of hydrogen-bond donors (Lipinski definition) is 1. The number of thiocarbonyl (C=S) groups is 1. The summed E-state index contributed by atoms with van der Waals surface area (Å²) in [6, 6.07) is 4.78. The topological polar surface area (TPSA) is 69.2 Å². The highest BCUT2D eigenvalue weighted by Crippen LogP contribution is 2.22. The third-order valence-electron chi connectivity index (χ3n) is 2.07. The number of nitrogens with zero attached hydrogens (tertiary/aromatic N) is 1. The molecule has 0 saturated carbocycles. The molecule has 4 nitrogen and oxygen atoms in total. The number of rotatable bonds is 5. The number of nitro benzene ring substituents is 1. The highest BCUT2D eigenvalue weighted by molar-refractivity contribution is 7.78. The van der Waals surface area contributed by atoms with Crippen LogP contribution in [0.4, 0.5) is 11.4 Å². The predicted octanol–water partition coefficient (Wildman–Crippen LogP) is 2.50. The Morgan fingerprint density at radius 1 is 1.53 bits per heavy atom. The predicted molar refractivity (Wildman–Crippen MR) is 64.1 cm³/mol. The van der Waals surface area contributed by atoms with E-state index in [0.717, 1.165) is 12.8 Å². The Hall–Kier alpha value is -1.49. The van der Waals surface area contributed by atoms with Crippen molar-refractivity contribution in [2.24, 2.45) is 0 Å². The van der Waals surface area contributed by atoms with Crippen molar-refractivity contribution < 1.29 is 4.92 Å². The van der Waals surface area contributed by atoms with Crippen LogP contribution < -0.4 is 5.73 Å². The fourth-order valence-electron chi connectivity index (χ4n) is 1.34. The maximum atomic E-state index is 10.7. The smallest absolute Gasteiger partial charge is 0.274 e. The van der Waals surface area contributed by atoms with E-state index in [2.05, 4.69) is 0 Å². The minimum Gasteiger partial charge on any atom is -0.399 e. The van der Waals surface area contributed by atoms with Crippen molar-refractivity contribution >= 4 is 29.0 Å². The van der Waals surface area contributed by atoms with E-state index >= 15 is 0 Å². The molecule has 0 aliphatic carbocycles. The molecular weight excluding hydrogens is 212 g/mol. The molecular formula is C10H12N2O2S. The molecule has 0 aliphatic heterocycles. The molecule has 0 aromatic heterocycles. The zero-order valence-corrected chi connectivity index (χ0v) is 9.00. The molecule has 1 aromatic carbocycles. The molecule has 0 spiro atoms. The Kier molecular flexibility index (Phi) is 4.17. The van der Waals surface area contributed by atoms with E-state index in [1.54, 1.807) is 17.5 Å². The van der Waals surface area contributed by atoms with Crippen LogP contribution in [-0.2, 0) is 6.42 Å². The van der Waals surface area contributed by atoms with Crippen molar-refractivity contribution in [2.45, 2.75) is 19.3 Å². The van der Waals surface area contributed by atoms with Crippen molar-refractivity contribution in [3.8, 4) is 0 Å². The van der Waals surface area contributed by atoms with Gasteiger partial charge in [-0.3, -0.25) is 10.1 Å². The molecule has 2 N–H and O–H groups in total. The first-order valence-electron chi connectivity index (χ1n) is 4.61. The minimum atomic E-state index is -0.400. The molecule has 0 fully saturated rings. The van der Waals surface area contributed by atoms with Crippen LogP contribution in [0, 0.1) is 10.1 Å². The van der Waals surface area contributed by atoms with Gasteiger partial charge in [-0.25, -0.2) is 0 Å². The molecule has 1 rings (SSSR count). The Balaban J connectivity index is 2.85. The Morgan fingerprint density at radius 3 is 2.87 bits per heavy atom. The summed E-state index contributed by atoms with van der Waals surface area (Å²) in [7, 11) is 0. The summed E-state index contributed by atoms with van der Waals surface area (Å²) in [5, 5.41) is 12.4. The number of nitrogens with two attached hydrogens (primary N) is 1. The van der Waals surface area contributed by atoms with E-state index in [1.807, 2.05) is 0 Å². The first-order chi connectivity index (χ1) is 7.15. The molecule has 0 heterocycles. The summed E-state index contributed by atoms with van der Waals surface area (Å²) < 4.78 is 0. The van der Waals surface area contributed by atoms with Crippen molar-refractivity contribution in [3.63, 3.8) is 0 Å². The minimum absolute atomic E-state index is 0.0966. The summed E-state index contributed by atoms with van der Waals surface area (Å²) in [5.41, 5.74) is 6.72. The summed E-state index contributed by atoms with van der Waals surface area (Å²) in [4.78, 5) is 10.3. The van der Waals surface area contributed by atoms with Gasteiger partial charge >= 0.3 is 0 Å². The lowest BCUT2D eigenvalue weighted by atomic mass is 10.1. The fraction of sp³-hybridized carbons (Fsp3) is 0.300. The Labute approximate surface area is 93.2 Å². The SMILES string of the molecule is Nc1ccc(CCCC=S)c([N+](=O)[O-])c1. The Morgan fingerprint density at radius 2 is 2.27 bits per heavy atom. The fourth-order valence-corrected chi connectivity index (χ4v) is 1.50. The lowest BCUT2D eigenvalue weighted by Crippen LogP contribution is -1.97. The molecule has 0 amide bonds. The van der Waals surface area contributed by atoms with Crippen LogP contribution in [-0.4, -0.2) is 10.3 Å². The van der Waals surface area contributed by atoms with Crippen LogP contribution in [0.1, 0.15) is 18.4 Å². The lowest BCUT2D eigenvalue weighted by Gasteiger charge is -2.02. The van der Waals surface area contributed by atoms with Gasteiger partial charge in [0.1, 0.15) is 0 Å². The molecule has 0 bridgehead atoms. The van der Waals surface area contributed by atoms with Crippen LogP contribution in [0.2, 0.25) is 0 Å². The van der Waals surface area contributed by atoms with Crippen molar-refractivity contribution in [1.82, 2.24) is 0 Å². The van der Waals surface area contributed by atoms with Gasteiger partial charge in [-0.2, -0.15) is 0 Å². The van der Waals surface area contributed by atoms with Crippen LogP contribution in [0.25, 0.3) is 0 Å². The maximum Gasteiger partial charge on any atom is 0.274 e. The third kappa shape index (κ3) is 3.28. The monoisotopic (exact) mass is 224 g/mol. The molecule has 0 aliphatic rings. The molecule has 0 unspecified atom stereocenters. The zero-order valence-electron chi connectivity index (χ0n) is 8.18. The average Bonchev–Trinajstić information content (AvgIpc) is 2.20. The van der Waals surface area contributed by atoms with E-state index < -0.39 is 4.92 Å². The van der Waals surface area contributed by atoms with Crippen molar-refractivity contribution in [3.05, 3.63) is 33.9 Å². The van der Waals surface area contributed by atoms with Gasteiger partial charge in [0.05, 0.1) is 4.92 Å². The standard InChI is InChI=1S/C10H12N2O2S/c11-9-5-4-8(3-1-2-6-15)10(7-9)12(13)14/h4-7H,1-3,11H2. The van der Waals surface area contributed by atoms with Gasteiger partial charge in [-0.1, -0.05) is 18.3 Å². The van der Waals surface area contributed by atoms with Gasteiger partial charge in [0.25, 0.3) is 5.69 Å². The second-order valence-corrected chi connectivity index (χ2v) is 3.54. The van der Waals surface area contributed by atoms with Crippen LogP contribution >= 0.6 is 12.2 Å². The number of benzene rings is 1. The highest BCUT2D eigenvalue weighted by Gasteiger charge is 2.12. The summed E-state index contributed by atoms with van der Waals surface area (Å²) >= 11 is 4.69. The van der Waals surface area contributed by atoms with E-state index in [0.29, 0.717) is 17.7 Å². The van der Waals surface area contributed by atoms with Gasteiger partial charge in [-0.15, -0.1) is 0 Å². The molecule has 5 heteroatoms. The van der Waals surface area contributed by atoms with Gasteiger partial charge in [0.15, 0.2) is 0 Å². The number of hydrogen-bond acceptors (Lipinski definition) is 4. The molecule has 0 atom stereocenters. The number of nitrogen functional groups attached to an aromatic ring is 1. The molecule has 1 aromatic rings. The summed E-state index contributed by atoms with van der Waals surface area (Å²) in [6.45, 7) is 0. The molecule has 0 saturated heterocycles. The average molecular weight is 224 g/mol. The number of anilines is 1. The first kappa shape index (κ1) is 11.6. The van der Waals surface area contributed by atoms with Gasteiger partial charge in [-0.05, 0) is 30.7 Å². The second-order valence-electron chi connectivity index (χ2n) is 3.20. The quantitative estimate of drug-likeness (QED) is 0.274. The van der Waals surface area contributed by atoms with E-state index in [-0.39, 0.29) is 5.69 Å². The van der Waals surface area contributed by atoms with Crippen LogP contribution in [0.3, 0.4) is 0 Å². The lowest BCUT2D eigenvalue weighted by molar-refractivity contribution is -0.385. The normalized spacial score (nSPS) is 9.87. The van der Waals surface area contributed by atoms with E-state index in [1.165, 1.54) is 6.07 Å². The zero-order chi connectivity index (χ0) is 11.3. The van der Waals surface area contributed by atoms with Gasteiger partial charge in [0, 0.05) is 17.3 Å². The van der Waals surface area contributed by atoms with Crippen molar-refractivity contribution in [2.75, 3.05) is 5.73 Å². The van der Waals surface area contributed by atoms with Crippen molar-refractivity contribution in [1.29, 1.82) is 0 Å². The van der Waals surface area contributed by atoms with E-state index in [4.69, 9.17) is 18.0 Å². The van der Waals surface area contributed by atoms with Crippen LogP contribution in [0.15, 0.2) is 18.2 Å². The Bertz CT molecular complexity index is 380.